The Morgan fingerprint density at radius 1 is 0.765 bits per heavy atom. The number of hydrogen-bond acceptors (Lipinski definition) is 8. The molecule has 0 aliphatic heterocycles. The van der Waals surface area contributed by atoms with Gasteiger partial charge in [-0.3, -0.25) is 24.2 Å². The molecule has 6 N–H and O–H groups in total. The number of pyridine rings is 1. The molecular weight excluding hydrogens is 652 g/mol. The smallest absolute Gasteiger partial charge is 0.408 e. The summed E-state index contributed by atoms with van der Waals surface area (Å²) in [7, 11) is 0. The minimum Gasteiger partial charge on any atom is -0.444 e. The Kier molecular flexibility index (Phi) is 17.0. The van der Waals surface area contributed by atoms with Gasteiger partial charge in [-0.05, 0) is 75.6 Å². The summed E-state index contributed by atoms with van der Waals surface area (Å²) >= 11 is 0. The lowest BCUT2D eigenvalue weighted by Gasteiger charge is -2.30. The third-order valence-corrected chi connectivity index (χ3v) is 8.52. The molecule has 0 saturated heterocycles. The first-order valence-corrected chi connectivity index (χ1v) is 17.7. The molecule has 5 amide bonds. The zero-order valence-corrected chi connectivity index (χ0v) is 31.5. The number of ether oxygens (including phenoxy) is 1. The van der Waals surface area contributed by atoms with Crippen LogP contribution in [0.3, 0.4) is 0 Å². The molecular formula is C38H58N6O7. The van der Waals surface area contributed by atoms with Crippen LogP contribution in [0, 0.1) is 17.8 Å². The summed E-state index contributed by atoms with van der Waals surface area (Å²) in [5.74, 6) is -3.01. The third-order valence-electron chi connectivity index (χ3n) is 8.52. The maximum atomic E-state index is 13.5. The highest BCUT2D eigenvalue weighted by Gasteiger charge is 2.33. The van der Waals surface area contributed by atoms with E-state index in [2.05, 4.69) is 31.6 Å². The first-order valence-electron chi connectivity index (χ1n) is 17.7. The molecule has 13 heteroatoms. The standard InChI is InChI=1S/C38H58N6O7/c1-10-24(4)32(44-37(50)51-38(7,8)9)36(49)41-26(6)34(47)42-29(21-27-14-12-11-13-15-27)30(45)20-25(5)33(46)43-31(23(2)3)35(48)40-22-28-16-18-39-19-17-28/h11-19,23-26,29-32,45H,10,20-22H2,1-9H3,(H,40,48)(H,41,49)(H,42,47)(H,43,46)(H,44,50)/t24?,25-,26+,29+,30+,31+,32+/m1/s1. The van der Waals surface area contributed by atoms with E-state index >= 15 is 0 Å². The number of carbonyl (C=O) groups excluding carboxylic acids is 5. The normalized spacial score (nSPS) is 15.6. The van der Waals surface area contributed by atoms with Gasteiger partial charge in [0.25, 0.3) is 0 Å². The summed E-state index contributed by atoms with van der Waals surface area (Å²) in [6, 6.07) is 9.28. The Bertz CT molecular complexity index is 1420. The van der Waals surface area contributed by atoms with E-state index in [4.69, 9.17) is 4.74 Å². The van der Waals surface area contributed by atoms with Crippen molar-refractivity contribution in [1.29, 1.82) is 0 Å². The van der Waals surface area contributed by atoms with E-state index in [1.54, 1.807) is 52.2 Å². The lowest BCUT2D eigenvalue weighted by Crippen LogP contribution is -2.57. The zero-order valence-electron chi connectivity index (χ0n) is 31.5. The SMILES string of the molecule is CCC(C)[C@H](NC(=O)OC(C)(C)C)C(=O)N[C@@H](C)C(=O)N[C@@H](Cc1ccccc1)[C@@H](O)C[C@@H](C)C(=O)N[C@H](C(=O)NCc1ccncc1)C(C)C. The van der Waals surface area contributed by atoms with Crippen molar-refractivity contribution in [3.8, 4) is 0 Å². The monoisotopic (exact) mass is 710 g/mol. The van der Waals surface area contributed by atoms with Crippen molar-refractivity contribution in [1.82, 2.24) is 31.6 Å². The molecule has 0 aliphatic rings. The van der Waals surface area contributed by atoms with Crippen LogP contribution < -0.4 is 26.6 Å². The van der Waals surface area contributed by atoms with Gasteiger partial charge in [-0.15, -0.1) is 0 Å². The summed E-state index contributed by atoms with van der Waals surface area (Å²) in [6.07, 6.45) is 2.20. The van der Waals surface area contributed by atoms with Crippen LogP contribution in [0.15, 0.2) is 54.9 Å². The molecule has 1 unspecified atom stereocenters. The van der Waals surface area contributed by atoms with E-state index in [-0.39, 0.29) is 37.1 Å². The summed E-state index contributed by atoms with van der Waals surface area (Å²) in [6.45, 7) is 16.0. The van der Waals surface area contributed by atoms with Crippen LogP contribution in [0.2, 0.25) is 0 Å². The Morgan fingerprint density at radius 3 is 1.96 bits per heavy atom. The van der Waals surface area contributed by atoms with Crippen molar-refractivity contribution in [2.24, 2.45) is 17.8 Å². The number of rotatable bonds is 18. The number of benzene rings is 1. The van der Waals surface area contributed by atoms with Crippen LogP contribution in [-0.4, -0.2) is 75.7 Å². The molecule has 0 radical (unpaired) electrons. The van der Waals surface area contributed by atoms with E-state index < -0.39 is 65.6 Å². The Morgan fingerprint density at radius 2 is 1.39 bits per heavy atom. The number of amides is 5. The number of carbonyl (C=O) groups is 5. The summed E-state index contributed by atoms with van der Waals surface area (Å²) in [5.41, 5.74) is 0.961. The summed E-state index contributed by atoms with van der Waals surface area (Å²) < 4.78 is 5.33. The van der Waals surface area contributed by atoms with Gasteiger partial charge in [-0.2, -0.15) is 0 Å². The molecule has 0 saturated carbocycles. The predicted molar refractivity (Wildman–Crippen MR) is 195 cm³/mol. The summed E-state index contributed by atoms with van der Waals surface area (Å²) in [4.78, 5) is 69.6. The first kappa shape index (κ1) is 42.6. The van der Waals surface area contributed by atoms with Gasteiger partial charge in [0, 0.05) is 24.9 Å². The zero-order chi connectivity index (χ0) is 38.3. The van der Waals surface area contributed by atoms with Crippen LogP contribution in [0.4, 0.5) is 4.79 Å². The molecule has 7 atom stereocenters. The van der Waals surface area contributed by atoms with E-state index in [1.165, 1.54) is 6.92 Å². The number of nitrogens with one attached hydrogen (secondary N) is 5. The predicted octanol–water partition coefficient (Wildman–Crippen LogP) is 3.40. The minimum atomic E-state index is -1.16. The molecule has 0 spiro atoms. The topological polar surface area (TPSA) is 188 Å². The number of aliphatic hydroxyl groups excluding tert-OH is 1. The van der Waals surface area contributed by atoms with Crippen LogP contribution in [0.1, 0.15) is 86.3 Å². The highest BCUT2D eigenvalue weighted by Crippen LogP contribution is 2.16. The van der Waals surface area contributed by atoms with Gasteiger partial charge in [0.1, 0.15) is 23.7 Å². The van der Waals surface area contributed by atoms with Crippen LogP contribution in [0.5, 0.6) is 0 Å². The fourth-order valence-corrected chi connectivity index (χ4v) is 5.23. The fraction of sp³-hybridized carbons (Fsp3) is 0.579. The number of hydrogen-bond donors (Lipinski definition) is 6. The third kappa shape index (κ3) is 15.1. The largest absolute Gasteiger partial charge is 0.444 e. The molecule has 13 nitrogen and oxygen atoms in total. The number of alkyl carbamates (subject to hydrolysis) is 1. The average molecular weight is 711 g/mol. The molecule has 2 rings (SSSR count). The molecule has 1 aromatic carbocycles. The average Bonchev–Trinajstić information content (AvgIpc) is 3.07. The van der Waals surface area contributed by atoms with E-state index in [1.807, 2.05) is 58.0 Å². The molecule has 1 aromatic heterocycles. The molecule has 2 aromatic rings. The van der Waals surface area contributed by atoms with Crippen LogP contribution in [0.25, 0.3) is 0 Å². The first-order chi connectivity index (χ1) is 23.9. The second kappa shape index (κ2) is 20.4. The number of aliphatic hydroxyl groups is 1. The van der Waals surface area contributed by atoms with Gasteiger partial charge < -0.3 is 36.4 Å². The van der Waals surface area contributed by atoms with Gasteiger partial charge in [0.15, 0.2) is 0 Å². The van der Waals surface area contributed by atoms with Crippen LogP contribution >= 0.6 is 0 Å². The van der Waals surface area contributed by atoms with Crippen LogP contribution in [-0.2, 0) is 36.9 Å². The maximum Gasteiger partial charge on any atom is 0.408 e. The quantitative estimate of drug-likeness (QED) is 0.136. The highest BCUT2D eigenvalue weighted by atomic mass is 16.6. The van der Waals surface area contributed by atoms with Crippen molar-refractivity contribution < 1.29 is 33.8 Å². The van der Waals surface area contributed by atoms with Crippen molar-refractivity contribution in [3.05, 3.63) is 66.0 Å². The van der Waals surface area contributed by atoms with Crippen molar-refractivity contribution in [3.63, 3.8) is 0 Å². The maximum absolute atomic E-state index is 13.5. The molecule has 51 heavy (non-hydrogen) atoms. The second-order valence-corrected chi connectivity index (χ2v) is 14.6. The summed E-state index contributed by atoms with van der Waals surface area (Å²) in [5, 5.41) is 25.3. The minimum absolute atomic E-state index is 0.0102. The Labute approximate surface area is 302 Å². The van der Waals surface area contributed by atoms with E-state index in [9.17, 15) is 29.1 Å². The molecule has 0 fully saturated rings. The van der Waals surface area contributed by atoms with Gasteiger partial charge >= 0.3 is 6.09 Å². The second-order valence-electron chi connectivity index (χ2n) is 14.6. The van der Waals surface area contributed by atoms with Gasteiger partial charge in [0.05, 0.1) is 12.1 Å². The van der Waals surface area contributed by atoms with E-state index in [0.717, 1.165) is 11.1 Å². The lowest BCUT2D eigenvalue weighted by molar-refractivity contribution is -0.133. The molecule has 0 bridgehead atoms. The molecule has 282 valence electrons. The van der Waals surface area contributed by atoms with Gasteiger partial charge in [-0.25, -0.2) is 4.79 Å². The Balaban J connectivity index is 2.11. The van der Waals surface area contributed by atoms with Crippen molar-refractivity contribution >= 4 is 29.7 Å². The van der Waals surface area contributed by atoms with Gasteiger partial charge in [-0.1, -0.05) is 71.4 Å². The van der Waals surface area contributed by atoms with E-state index in [0.29, 0.717) is 6.42 Å². The highest BCUT2D eigenvalue weighted by molar-refractivity contribution is 5.91. The van der Waals surface area contributed by atoms with Crippen molar-refractivity contribution in [2.45, 2.75) is 124 Å². The molecule has 0 aliphatic carbocycles. The lowest BCUT2D eigenvalue weighted by atomic mass is 9.92. The van der Waals surface area contributed by atoms with Crippen molar-refractivity contribution in [2.75, 3.05) is 0 Å². The molecule has 1 heterocycles. The Hall–Kier alpha value is -4.52. The number of nitrogens with zero attached hydrogens (tertiary/aromatic N) is 1. The fourth-order valence-electron chi connectivity index (χ4n) is 5.23. The van der Waals surface area contributed by atoms with Gasteiger partial charge in [0.2, 0.25) is 23.6 Å². The number of aromatic nitrogens is 1.